The van der Waals surface area contributed by atoms with E-state index in [0.717, 1.165) is 24.9 Å². The number of nitrogens with zero attached hydrogens (tertiary/aromatic N) is 1. The van der Waals surface area contributed by atoms with Gasteiger partial charge in [0.05, 0.1) is 0 Å². The van der Waals surface area contributed by atoms with Crippen LogP contribution in [0.25, 0.3) is 6.08 Å². The molecule has 1 aromatic rings. The molecule has 5 nitrogen and oxygen atoms in total. The highest BCUT2D eigenvalue weighted by atomic mass is 16.2. The quantitative estimate of drug-likeness (QED) is 0.793. The molecule has 1 aliphatic rings. The van der Waals surface area contributed by atoms with Crippen LogP contribution >= 0.6 is 0 Å². The summed E-state index contributed by atoms with van der Waals surface area (Å²) in [6.45, 7) is 1.28. The molecule has 1 saturated heterocycles. The fourth-order valence-electron chi connectivity index (χ4n) is 2.39. The van der Waals surface area contributed by atoms with Gasteiger partial charge in [-0.05, 0) is 36.6 Å². The second-order valence-corrected chi connectivity index (χ2v) is 4.88. The summed E-state index contributed by atoms with van der Waals surface area (Å²) in [6.07, 6.45) is 5.27. The van der Waals surface area contributed by atoms with E-state index in [1.54, 1.807) is 36.4 Å². The average Bonchev–Trinajstić information content (AvgIpc) is 2.93. The molecular formula is C15H19N3O2. The van der Waals surface area contributed by atoms with Crippen LogP contribution in [0.1, 0.15) is 28.8 Å². The highest BCUT2D eigenvalue weighted by molar-refractivity contribution is 5.94. The van der Waals surface area contributed by atoms with Crippen molar-refractivity contribution in [1.82, 2.24) is 4.90 Å². The first-order valence-corrected chi connectivity index (χ1v) is 6.70. The van der Waals surface area contributed by atoms with E-state index >= 15 is 0 Å². The van der Waals surface area contributed by atoms with E-state index in [0.29, 0.717) is 12.1 Å². The van der Waals surface area contributed by atoms with Gasteiger partial charge in [-0.15, -0.1) is 0 Å². The molecule has 1 aliphatic heterocycles. The maximum absolute atomic E-state index is 12.1. The molecule has 2 amide bonds. The van der Waals surface area contributed by atoms with Gasteiger partial charge in [0, 0.05) is 30.8 Å². The van der Waals surface area contributed by atoms with Crippen LogP contribution in [0.5, 0.6) is 0 Å². The Hall–Kier alpha value is -2.14. The molecule has 0 saturated carbocycles. The predicted octanol–water partition coefficient (Wildman–Crippen LogP) is 0.748. The Morgan fingerprint density at radius 3 is 2.60 bits per heavy atom. The maximum Gasteiger partial charge on any atom is 0.248 e. The molecule has 106 valence electrons. The van der Waals surface area contributed by atoms with Gasteiger partial charge in [0.2, 0.25) is 11.8 Å². The fraction of sp³-hybridized carbons (Fsp3) is 0.333. The molecule has 0 bridgehead atoms. The van der Waals surface area contributed by atoms with Gasteiger partial charge in [-0.2, -0.15) is 0 Å². The molecule has 1 aromatic carbocycles. The van der Waals surface area contributed by atoms with Gasteiger partial charge in [0.25, 0.3) is 0 Å². The van der Waals surface area contributed by atoms with Gasteiger partial charge in [-0.3, -0.25) is 9.59 Å². The highest BCUT2D eigenvalue weighted by Gasteiger charge is 2.25. The zero-order valence-electron chi connectivity index (χ0n) is 11.3. The summed E-state index contributed by atoms with van der Waals surface area (Å²) in [5.74, 6) is -0.476. The fourth-order valence-corrected chi connectivity index (χ4v) is 2.39. The molecule has 4 N–H and O–H groups in total. The van der Waals surface area contributed by atoms with Gasteiger partial charge in [-0.1, -0.05) is 12.1 Å². The summed E-state index contributed by atoms with van der Waals surface area (Å²) >= 11 is 0. The van der Waals surface area contributed by atoms with Crippen LogP contribution in [-0.2, 0) is 4.79 Å². The van der Waals surface area contributed by atoms with Crippen LogP contribution in [-0.4, -0.2) is 35.8 Å². The summed E-state index contributed by atoms with van der Waals surface area (Å²) in [6, 6.07) is 6.96. The van der Waals surface area contributed by atoms with Gasteiger partial charge in [0.15, 0.2) is 0 Å². The number of hydrogen-bond acceptors (Lipinski definition) is 3. The van der Waals surface area contributed by atoms with Crippen molar-refractivity contribution in [3.8, 4) is 0 Å². The molecule has 1 heterocycles. The lowest BCUT2D eigenvalue weighted by atomic mass is 10.1. The zero-order valence-corrected chi connectivity index (χ0v) is 11.3. The van der Waals surface area contributed by atoms with Crippen molar-refractivity contribution >= 4 is 17.9 Å². The standard InChI is InChI=1S/C15H19N3O2/c16-10-13-2-1-9-18(13)14(19)8-5-11-3-6-12(7-4-11)15(17)20/h3-8,13H,1-2,9-10,16H2,(H2,17,20). The van der Waals surface area contributed by atoms with Crippen LogP contribution in [0.2, 0.25) is 0 Å². The molecule has 2 rings (SSSR count). The first kappa shape index (κ1) is 14.3. The lowest BCUT2D eigenvalue weighted by molar-refractivity contribution is -0.126. The van der Waals surface area contributed by atoms with E-state index in [-0.39, 0.29) is 11.9 Å². The number of likely N-dealkylation sites (tertiary alicyclic amines) is 1. The number of rotatable bonds is 4. The maximum atomic E-state index is 12.1. The number of nitrogens with two attached hydrogens (primary N) is 2. The van der Waals surface area contributed by atoms with Crippen molar-refractivity contribution in [2.24, 2.45) is 11.5 Å². The van der Waals surface area contributed by atoms with Crippen LogP contribution in [0, 0.1) is 0 Å². The summed E-state index contributed by atoms with van der Waals surface area (Å²) in [4.78, 5) is 24.8. The molecule has 0 aliphatic carbocycles. The molecule has 1 unspecified atom stereocenters. The first-order valence-electron chi connectivity index (χ1n) is 6.70. The van der Waals surface area contributed by atoms with E-state index in [9.17, 15) is 9.59 Å². The Labute approximate surface area is 118 Å². The van der Waals surface area contributed by atoms with Crippen LogP contribution in [0.3, 0.4) is 0 Å². The SMILES string of the molecule is NCC1CCCN1C(=O)C=Cc1ccc(C(N)=O)cc1. The van der Waals surface area contributed by atoms with Crippen LogP contribution < -0.4 is 11.5 Å². The Balaban J connectivity index is 2.01. The molecule has 1 fully saturated rings. The molecule has 5 heteroatoms. The van der Waals surface area contributed by atoms with E-state index in [4.69, 9.17) is 11.5 Å². The van der Waals surface area contributed by atoms with Crippen molar-refractivity contribution in [3.63, 3.8) is 0 Å². The Morgan fingerprint density at radius 2 is 2.00 bits per heavy atom. The van der Waals surface area contributed by atoms with Crippen molar-refractivity contribution in [2.45, 2.75) is 18.9 Å². The minimum absolute atomic E-state index is 0.0167. The second-order valence-electron chi connectivity index (χ2n) is 4.88. The number of primary amides is 1. The van der Waals surface area contributed by atoms with Gasteiger partial charge < -0.3 is 16.4 Å². The largest absolute Gasteiger partial charge is 0.366 e. The molecule has 1 atom stereocenters. The van der Waals surface area contributed by atoms with Crippen molar-refractivity contribution in [3.05, 3.63) is 41.5 Å². The molecular weight excluding hydrogens is 254 g/mol. The monoisotopic (exact) mass is 273 g/mol. The lowest BCUT2D eigenvalue weighted by Gasteiger charge is -2.21. The van der Waals surface area contributed by atoms with Gasteiger partial charge in [-0.25, -0.2) is 0 Å². The minimum atomic E-state index is -0.459. The number of amides is 2. The number of carbonyl (C=O) groups excluding carboxylic acids is 2. The third kappa shape index (κ3) is 3.24. The molecule has 0 aromatic heterocycles. The first-order chi connectivity index (χ1) is 9.61. The zero-order chi connectivity index (χ0) is 14.5. The highest BCUT2D eigenvalue weighted by Crippen LogP contribution is 2.17. The van der Waals surface area contributed by atoms with Gasteiger partial charge >= 0.3 is 0 Å². The topological polar surface area (TPSA) is 89.4 Å². The van der Waals surface area contributed by atoms with E-state index in [1.807, 2.05) is 4.90 Å². The van der Waals surface area contributed by atoms with Crippen LogP contribution in [0.4, 0.5) is 0 Å². The Bertz CT molecular complexity index is 522. The molecule has 0 spiro atoms. The Morgan fingerprint density at radius 1 is 1.30 bits per heavy atom. The normalized spacial score (nSPS) is 18.6. The third-order valence-electron chi connectivity index (χ3n) is 3.55. The number of carbonyl (C=O) groups is 2. The summed E-state index contributed by atoms with van der Waals surface area (Å²) in [7, 11) is 0. The van der Waals surface area contributed by atoms with Crippen molar-refractivity contribution in [1.29, 1.82) is 0 Å². The third-order valence-corrected chi connectivity index (χ3v) is 3.55. The summed E-state index contributed by atoms with van der Waals surface area (Å²) in [5.41, 5.74) is 12.1. The van der Waals surface area contributed by atoms with Crippen molar-refractivity contribution < 1.29 is 9.59 Å². The van der Waals surface area contributed by atoms with Crippen molar-refractivity contribution in [2.75, 3.05) is 13.1 Å². The average molecular weight is 273 g/mol. The van der Waals surface area contributed by atoms with E-state index in [1.165, 1.54) is 0 Å². The predicted molar refractivity (Wildman–Crippen MR) is 77.8 cm³/mol. The van der Waals surface area contributed by atoms with E-state index in [2.05, 4.69) is 0 Å². The minimum Gasteiger partial charge on any atom is -0.366 e. The summed E-state index contributed by atoms with van der Waals surface area (Å²) < 4.78 is 0. The lowest BCUT2D eigenvalue weighted by Crippen LogP contribution is -2.38. The van der Waals surface area contributed by atoms with Gasteiger partial charge in [0.1, 0.15) is 0 Å². The Kier molecular flexibility index (Phi) is 4.53. The van der Waals surface area contributed by atoms with Crippen LogP contribution in [0.15, 0.2) is 30.3 Å². The second kappa shape index (κ2) is 6.34. The number of benzene rings is 1. The molecule has 20 heavy (non-hydrogen) atoms. The number of hydrogen-bond donors (Lipinski definition) is 2. The van der Waals surface area contributed by atoms with E-state index < -0.39 is 5.91 Å². The smallest absolute Gasteiger partial charge is 0.248 e. The molecule has 0 radical (unpaired) electrons. The summed E-state index contributed by atoms with van der Waals surface area (Å²) in [5, 5.41) is 0.